The van der Waals surface area contributed by atoms with Gasteiger partial charge in [-0.3, -0.25) is 9.59 Å². The number of Topliss-reactive ketones (excluding diaryl/α,β-unsaturated/α-hetero) is 1. The SMILES string of the molecule is CCOC(=O)/C=C1/CCC(=O)C(C(=O)OCC)C12CC2. The highest BCUT2D eigenvalue weighted by atomic mass is 16.5. The van der Waals surface area contributed by atoms with Gasteiger partial charge in [0, 0.05) is 17.9 Å². The van der Waals surface area contributed by atoms with Gasteiger partial charge in [-0.15, -0.1) is 0 Å². The van der Waals surface area contributed by atoms with E-state index in [4.69, 9.17) is 9.47 Å². The molecule has 1 spiro atoms. The first-order valence-electron chi connectivity index (χ1n) is 7.12. The van der Waals surface area contributed by atoms with Crippen LogP contribution in [0.3, 0.4) is 0 Å². The molecule has 2 saturated carbocycles. The normalized spacial score (nSPS) is 25.6. The van der Waals surface area contributed by atoms with Crippen molar-refractivity contribution in [1.29, 1.82) is 0 Å². The Morgan fingerprint density at radius 3 is 2.40 bits per heavy atom. The van der Waals surface area contributed by atoms with Crippen LogP contribution in [0.1, 0.15) is 39.5 Å². The van der Waals surface area contributed by atoms with Gasteiger partial charge < -0.3 is 9.47 Å². The third-order valence-electron chi connectivity index (χ3n) is 4.04. The van der Waals surface area contributed by atoms with Gasteiger partial charge in [0.05, 0.1) is 13.2 Å². The van der Waals surface area contributed by atoms with Crippen molar-refractivity contribution in [3.63, 3.8) is 0 Å². The monoisotopic (exact) mass is 280 g/mol. The molecule has 2 aliphatic carbocycles. The Bertz CT molecular complexity index is 459. The molecule has 0 aliphatic heterocycles. The van der Waals surface area contributed by atoms with E-state index in [0.717, 1.165) is 18.4 Å². The van der Waals surface area contributed by atoms with Gasteiger partial charge in [-0.2, -0.15) is 0 Å². The fraction of sp³-hybridized carbons (Fsp3) is 0.667. The molecule has 2 fully saturated rings. The quantitative estimate of drug-likeness (QED) is 0.446. The highest BCUT2D eigenvalue weighted by Gasteiger charge is 2.60. The maximum atomic E-state index is 12.1. The van der Waals surface area contributed by atoms with Gasteiger partial charge in [-0.25, -0.2) is 4.79 Å². The van der Waals surface area contributed by atoms with Crippen LogP contribution in [0.25, 0.3) is 0 Å². The van der Waals surface area contributed by atoms with Crippen LogP contribution in [-0.2, 0) is 23.9 Å². The lowest BCUT2D eigenvalue weighted by Gasteiger charge is -2.31. The number of esters is 2. The summed E-state index contributed by atoms with van der Waals surface area (Å²) in [5.41, 5.74) is 0.391. The van der Waals surface area contributed by atoms with Gasteiger partial charge >= 0.3 is 11.9 Å². The molecule has 0 aromatic rings. The Labute approximate surface area is 118 Å². The molecule has 0 bridgehead atoms. The second kappa shape index (κ2) is 5.77. The van der Waals surface area contributed by atoms with Crippen LogP contribution in [0.5, 0.6) is 0 Å². The van der Waals surface area contributed by atoms with Crippen molar-refractivity contribution in [3.05, 3.63) is 11.6 Å². The van der Waals surface area contributed by atoms with E-state index < -0.39 is 23.3 Å². The summed E-state index contributed by atoms with van der Waals surface area (Å²) in [5.74, 6) is -1.66. The molecular weight excluding hydrogens is 260 g/mol. The maximum Gasteiger partial charge on any atom is 0.330 e. The number of rotatable bonds is 4. The maximum absolute atomic E-state index is 12.1. The van der Waals surface area contributed by atoms with E-state index in [2.05, 4.69) is 0 Å². The Morgan fingerprint density at radius 1 is 1.20 bits per heavy atom. The van der Waals surface area contributed by atoms with Crippen LogP contribution >= 0.6 is 0 Å². The van der Waals surface area contributed by atoms with Crippen molar-refractivity contribution >= 4 is 17.7 Å². The highest BCUT2D eigenvalue weighted by Crippen LogP contribution is 2.61. The van der Waals surface area contributed by atoms with E-state index in [1.54, 1.807) is 13.8 Å². The first-order chi connectivity index (χ1) is 9.55. The summed E-state index contributed by atoms with van der Waals surface area (Å²) in [6, 6.07) is 0. The summed E-state index contributed by atoms with van der Waals surface area (Å²) in [7, 11) is 0. The van der Waals surface area contributed by atoms with Crippen molar-refractivity contribution in [2.45, 2.75) is 39.5 Å². The number of allylic oxidation sites excluding steroid dienone is 1. The lowest BCUT2D eigenvalue weighted by molar-refractivity contribution is -0.155. The molecule has 0 heterocycles. The summed E-state index contributed by atoms with van der Waals surface area (Å²) in [6.45, 7) is 4.04. The molecule has 0 saturated heterocycles. The molecule has 5 heteroatoms. The first-order valence-corrected chi connectivity index (χ1v) is 7.12. The standard InChI is InChI=1S/C15H20O5/c1-3-19-12(17)9-10-5-6-11(16)13(14(18)20-4-2)15(10)7-8-15/h9,13H,3-8H2,1-2H3/b10-9-. The highest BCUT2D eigenvalue weighted by molar-refractivity contribution is 6.02. The van der Waals surface area contributed by atoms with Crippen LogP contribution in [0.15, 0.2) is 11.6 Å². The van der Waals surface area contributed by atoms with Gasteiger partial charge in [0.1, 0.15) is 11.7 Å². The Morgan fingerprint density at radius 2 is 1.85 bits per heavy atom. The third-order valence-corrected chi connectivity index (χ3v) is 4.04. The van der Waals surface area contributed by atoms with Gasteiger partial charge in [-0.1, -0.05) is 5.57 Å². The van der Waals surface area contributed by atoms with E-state index >= 15 is 0 Å². The first kappa shape index (κ1) is 14.8. The molecule has 0 radical (unpaired) electrons. The zero-order chi connectivity index (χ0) is 14.8. The molecule has 0 N–H and O–H groups in total. The third kappa shape index (κ3) is 2.62. The van der Waals surface area contributed by atoms with Crippen molar-refractivity contribution in [3.8, 4) is 0 Å². The number of carbonyl (C=O) groups excluding carboxylic acids is 3. The predicted molar refractivity (Wildman–Crippen MR) is 70.7 cm³/mol. The van der Waals surface area contributed by atoms with Crippen molar-refractivity contribution < 1.29 is 23.9 Å². The fourth-order valence-corrected chi connectivity index (χ4v) is 3.01. The van der Waals surface area contributed by atoms with E-state index in [1.807, 2.05) is 0 Å². The van der Waals surface area contributed by atoms with Crippen LogP contribution in [-0.4, -0.2) is 30.9 Å². The summed E-state index contributed by atoms with van der Waals surface area (Å²) < 4.78 is 9.94. The molecular formula is C15H20O5. The molecule has 20 heavy (non-hydrogen) atoms. The van der Waals surface area contributed by atoms with Crippen LogP contribution in [0.2, 0.25) is 0 Å². The van der Waals surface area contributed by atoms with E-state index in [0.29, 0.717) is 13.0 Å². The summed E-state index contributed by atoms with van der Waals surface area (Å²) in [6.07, 6.45) is 3.81. The summed E-state index contributed by atoms with van der Waals surface area (Å²) >= 11 is 0. The Hall–Kier alpha value is -1.65. The lowest BCUT2D eigenvalue weighted by Crippen LogP contribution is -2.39. The van der Waals surface area contributed by atoms with Gasteiger partial charge in [0.25, 0.3) is 0 Å². The average Bonchev–Trinajstić information content (AvgIpc) is 3.15. The molecule has 0 aromatic carbocycles. The predicted octanol–water partition coefficient (Wildman–Crippen LogP) is 1.80. The minimum atomic E-state index is -0.739. The minimum Gasteiger partial charge on any atom is -0.465 e. The second-order valence-corrected chi connectivity index (χ2v) is 5.23. The molecule has 1 atom stereocenters. The largest absolute Gasteiger partial charge is 0.465 e. The molecule has 2 rings (SSSR count). The van der Waals surface area contributed by atoms with Crippen LogP contribution < -0.4 is 0 Å². The van der Waals surface area contributed by atoms with Crippen molar-refractivity contribution in [2.24, 2.45) is 11.3 Å². The van der Waals surface area contributed by atoms with Crippen molar-refractivity contribution in [2.75, 3.05) is 13.2 Å². The molecule has 110 valence electrons. The molecule has 2 aliphatic rings. The Kier molecular flexibility index (Phi) is 4.26. The number of hydrogen-bond acceptors (Lipinski definition) is 5. The smallest absolute Gasteiger partial charge is 0.330 e. The van der Waals surface area contributed by atoms with Gasteiger partial charge in [0.2, 0.25) is 0 Å². The number of hydrogen-bond donors (Lipinski definition) is 0. The summed E-state index contributed by atoms with van der Waals surface area (Å²) in [4.78, 5) is 35.7. The number of ether oxygens (including phenoxy) is 2. The summed E-state index contributed by atoms with van der Waals surface area (Å²) in [5, 5.41) is 0. The zero-order valence-electron chi connectivity index (χ0n) is 11.9. The number of carbonyl (C=O) groups is 3. The van der Waals surface area contributed by atoms with Crippen LogP contribution in [0.4, 0.5) is 0 Å². The van der Waals surface area contributed by atoms with Gasteiger partial charge in [-0.05, 0) is 33.1 Å². The molecule has 0 aromatic heterocycles. The Balaban J connectivity index is 2.24. The van der Waals surface area contributed by atoms with E-state index in [-0.39, 0.29) is 18.8 Å². The number of ketones is 1. The molecule has 1 unspecified atom stereocenters. The fourth-order valence-electron chi connectivity index (χ4n) is 3.01. The lowest BCUT2D eigenvalue weighted by atomic mass is 9.72. The van der Waals surface area contributed by atoms with E-state index in [1.165, 1.54) is 6.08 Å². The average molecular weight is 280 g/mol. The van der Waals surface area contributed by atoms with Crippen LogP contribution in [0, 0.1) is 11.3 Å². The minimum absolute atomic E-state index is 0.0676. The van der Waals surface area contributed by atoms with Gasteiger partial charge in [0.15, 0.2) is 0 Å². The topological polar surface area (TPSA) is 69.7 Å². The second-order valence-electron chi connectivity index (χ2n) is 5.23. The zero-order valence-corrected chi connectivity index (χ0v) is 11.9. The molecule has 0 amide bonds. The van der Waals surface area contributed by atoms with Crippen molar-refractivity contribution in [1.82, 2.24) is 0 Å². The molecule has 5 nitrogen and oxygen atoms in total. The van der Waals surface area contributed by atoms with E-state index in [9.17, 15) is 14.4 Å².